The number of nitro groups is 1. The molecule has 6 heteroatoms. The van der Waals surface area contributed by atoms with Crippen molar-refractivity contribution in [3.63, 3.8) is 0 Å². The van der Waals surface area contributed by atoms with Gasteiger partial charge in [0.15, 0.2) is 0 Å². The highest BCUT2D eigenvalue weighted by atomic mass is 16.6. The van der Waals surface area contributed by atoms with Gasteiger partial charge in [0.2, 0.25) is 5.70 Å². The zero-order valence-electron chi connectivity index (χ0n) is 9.34. The van der Waals surface area contributed by atoms with Gasteiger partial charge in [-0.1, -0.05) is 6.07 Å². The molecule has 90 valence electrons. The van der Waals surface area contributed by atoms with Crippen LogP contribution in [0.4, 0.5) is 0 Å². The normalized spacial score (nSPS) is 11.1. The lowest BCUT2D eigenvalue weighted by molar-refractivity contribution is -0.422. The lowest BCUT2D eigenvalue weighted by Gasteiger charge is -2.05. The quantitative estimate of drug-likeness (QED) is 0.639. The number of allylic oxidation sites excluding steroid dienone is 1. The van der Waals surface area contributed by atoms with Crippen LogP contribution in [-0.4, -0.2) is 23.1 Å². The highest BCUT2D eigenvalue weighted by Gasteiger charge is 2.10. The van der Waals surface area contributed by atoms with Gasteiger partial charge in [-0.05, 0) is 12.1 Å². The smallest absolute Gasteiger partial charge is 0.335 e. The number of aromatic carboxylic acids is 1. The molecule has 0 bridgehead atoms. The van der Waals surface area contributed by atoms with Gasteiger partial charge in [-0.25, -0.2) is 4.79 Å². The molecule has 1 N–H and O–H groups in total. The Balaban J connectivity index is 3.22. The van der Waals surface area contributed by atoms with Gasteiger partial charge in [-0.2, -0.15) is 0 Å². The molecule has 1 rings (SSSR count). The Morgan fingerprint density at radius 1 is 1.53 bits per heavy atom. The van der Waals surface area contributed by atoms with Gasteiger partial charge in [0.05, 0.1) is 17.6 Å². The van der Waals surface area contributed by atoms with E-state index in [9.17, 15) is 14.9 Å². The number of methoxy groups -OCH3 is 1. The van der Waals surface area contributed by atoms with Crippen molar-refractivity contribution in [1.82, 2.24) is 0 Å². The van der Waals surface area contributed by atoms with E-state index in [0.717, 1.165) is 0 Å². The van der Waals surface area contributed by atoms with Crippen molar-refractivity contribution in [2.75, 3.05) is 7.11 Å². The first-order valence-corrected chi connectivity index (χ1v) is 4.69. The van der Waals surface area contributed by atoms with Crippen molar-refractivity contribution in [1.29, 1.82) is 0 Å². The summed E-state index contributed by atoms with van der Waals surface area (Å²) in [4.78, 5) is 20.7. The van der Waals surface area contributed by atoms with Crippen LogP contribution in [0, 0.1) is 10.1 Å². The van der Waals surface area contributed by atoms with E-state index in [1.165, 1.54) is 38.3 Å². The Hall–Kier alpha value is -2.37. The Kier molecular flexibility index (Phi) is 3.82. The second kappa shape index (κ2) is 5.11. The monoisotopic (exact) mass is 237 g/mol. The zero-order chi connectivity index (χ0) is 13.0. The van der Waals surface area contributed by atoms with E-state index in [1.54, 1.807) is 0 Å². The molecule has 0 radical (unpaired) electrons. The van der Waals surface area contributed by atoms with Gasteiger partial charge in [0, 0.05) is 18.6 Å². The molecule has 0 unspecified atom stereocenters. The summed E-state index contributed by atoms with van der Waals surface area (Å²) in [5.74, 6) is -0.795. The number of hydrogen-bond acceptors (Lipinski definition) is 4. The van der Waals surface area contributed by atoms with E-state index < -0.39 is 10.9 Å². The fourth-order valence-corrected chi connectivity index (χ4v) is 1.24. The van der Waals surface area contributed by atoms with E-state index in [0.29, 0.717) is 5.56 Å². The lowest BCUT2D eigenvalue weighted by Crippen LogP contribution is -1.99. The lowest BCUT2D eigenvalue weighted by atomic mass is 10.1. The zero-order valence-corrected chi connectivity index (χ0v) is 9.34. The maximum absolute atomic E-state index is 10.7. The number of hydrogen-bond donors (Lipinski definition) is 1. The molecule has 0 heterocycles. The minimum atomic E-state index is -1.08. The van der Waals surface area contributed by atoms with Crippen LogP contribution in [0.2, 0.25) is 0 Å². The van der Waals surface area contributed by atoms with Crippen molar-refractivity contribution < 1.29 is 19.6 Å². The molecule has 0 aliphatic heterocycles. The Morgan fingerprint density at radius 2 is 2.18 bits per heavy atom. The molecule has 6 nitrogen and oxygen atoms in total. The molecule has 0 aliphatic carbocycles. The van der Waals surface area contributed by atoms with Crippen LogP contribution in [0.15, 0.2) is 23.9 Å². The summed E-state index contributed by atoms with van der Waals surface area (Å²) in [5.41, 5.74) is 0.482. The molecule has 0 saturated carbocycles. The third kappa shape index (κ3) is 3.04. The van der Waals surface area contributed by atoms with Crippen molar-refractivity contribution in [2.45, 2.75) is 6.92 Å². The Labute approximate surface area is 97.3 Å². The molecular formula is C11H11NO5. The number of carboxylic acid groups (broad SMARTS) is 1. The topological polar surface area (TPSA) is 89.7 Å². The molecule has 0 atom stereocenters. The molecule has 0 amide bonds. The van der Waals surface area contributed by atoms with Crippen LogP contribution in [0.25, 0.3) is 6.08 Å². The van der Waals surface area contributed by atoms with Crippen molar-refractivity contribution in [2.24, 2.45) is 0 Å². The van der Waals surface area contributed by atoms with E-state index in [2.05, 4.69) is 0 Å². The van der Waals surface area contributed by atoms with Crippen molar-refractivity contribution in [3.05, 3.63) is 45.1 Å². The minimum Gasteiger partial charge on any atom is -0.496 e. The van der Waals surface area contributed by atoms with Crippen LogP contribution in [-0.2, 0) is 0 Å². The number of ether oxygens (including phenoxy) is 1. The first-order chi connectivity index (χ1) is 7.95. The molecule has 17 heavy (non-hydrogen) atoms. The molecule has 0 aliphatic rings. The fraction of sp³-hybridized carbons (Fsp3) is 0.182. The molecule has 1 aromatic rings. The summed E-state index contributed by atoms with van der Waals surface area (Å²) >= 11 is 0. The van der Waals surface area contributed by atoms with Gasteiger partial charge in [-0.3, -0.25) is 10.1 Å². The summed E-state index contributed by atoms with van der Waals surface area (Å²) in [6.45, 7) is 1.35. The molecule has 0 fully saturated rings. The van der Waals surface area contributed by atoms with Crippen molar-refractivity contribution in [3.8, 4) is 5.75 Å². The summed E-state index contributed by atoms with van der Waals surface area (Å²) in [6, 6.07) is 4.15. The van der Waals surface area contributed by atoms with Crippen LogP contribution in [0.3, 0.4) is 0 Å². The minimum absolute atomic E-state index is 0.0497. The second-order valence-electron chi connectivity index (χ2n) is 3.30. The maximum Gasteiger partial charge on any atom is 0.335 e. The second-order valence-corrected chi connectivity index (χ2v) is 3.30. The molecule has 0 aromatic heterocycles. The Morgan fingerprint density at radius 3 is 2.65 bits per heavy atom. The fourth-order valence-electron chi connectivity index (χ4n) is 1.24. The number of carbonyl (C=O) groups is 1. The van der Waals surface area contributed by atoms with Gasteiger partial charge in [0.1, 0.15) is 5.75 Å². The van der Waals surface area contributed by atoms with Gasteiger partial charge in [-0.15, -0.1) is 0 Å². The van der Waals surface area contributed by atoms with Crippen LogP contribution >= 0.6 is 0 Å². The van der Waals surface area contributed by atoms with Crippen LogP contribution < -0.4 is 4.74 Å². The van der Waals surface area contributed by atoms with E-state index in [1.807, 2.05) is 0 Å². The Bertz CT molecular complexity index is 493. The predicted molar refractivity (Wildman–Crippen MR) is 60.6 cm³/mol. The van der Waals surface area contributed by atoms with E-state index >= 15 is 0 Å². The SMILES string of the molecule is COc1cc(C(=O)O)ccc1C=C(C)[N+](=O)[O-]. The standard InChI is InChI=1S/C11H11NO5/c1-7(12(15)16)5-8-3-4-9(11(13)14)6-10(8)17-2/h3-6H,1-2H3,(H,13,14). The number of rotatable bonds is 4. The number of benzene rings is 1. The van der Waals surface area contributed by atoms with E-state index in [4.69, 9.17) is 9.84 Å². The highest BCUT2D eigenvalue weighted by molar-refractivity contribution is 5.88. The third-order valence-corrected chi connectivity index (χ3v) is 2.13. The number of carboxylic acids is 1. The largest absolute Gasteiger partial charge is 0.496 e. The molecule has 0 spiro atoms. The summed E-state index contributed by atoms with van der Waals surface area (Å²) in [6.07, 6.45) is 1.32. The van der Waals surface area contributed by atoms with Gasteiger partial charge < -0.3 is 9.84 Å². The van der Waals surface area contributed by atoms with Crippen LogP contribution in [0.1, 0.15) is 22.8 Å². The number of nitrogens with zero attached hydrogens (tertiary/aromatic N) is 1. The summed E-state index contributed by atoms with van der Waals surface area (Å²) in [7, 11) is 1.37. The van der Waals surface area contributed by atoms with Crippen molar-refractivity contribution >= 4 is 12.0 Å². The third-order valence-electron chi connectivity index (χ3n) is 2.13. The average molecular weight is 237 g/mol. The predicted octanol–water partition coefficient (Wildman–Crippen LogP) is 2.03. The van der Waals surface area contributed by atoms with Gasteiger partial charge >= 0.3 is 5.97 Å². The first kappa shape index (κ1) is 12.7. The molecule has 1 aromatic carbocycles. The van der Waals surface area contributed by atoms with Gasteiger partial charge in [0.25, 0.3) is 0 Å². The van der Waals surface area contributed by atoms with E-state index in [-0.39, 0.29) is 17.0 Å². The maximum atomic E-state index is 10.7. The molecular weight excluding hydrogens is 226 g/mol. The average Bonchev–Trinajstić information content (AvgIpc) is 2.28. The van der Waals surface area contributed by atoms with Crippen LogP contribution in [0.5, 0.6) is 5.75 Å². The summed E-state index contributed by atoms with van der Waals surface area (Å²) in [5, 5.41) is 19.3. The highest BCUT2D eigenvalue weighted by Crippen LogP contribution is 2.23. The first-order valence-electron chi connectivity index (χ1n) is 4.69. The molecule has 0 saturated heterocycles. The summed E-state index contributed by atoms with van der Waals surface area (Å²) < 4.78 is 4.99.